The van der Waals surface area contributed by atoms with Gasteiger partial charge in [-0.1, -0.05) is 18.2 Å². The molecule has 1 aromatic rings. The highest BCUT2D eigenvalue weighted by molar-refractivity contribution is 5.94. The van der Waals surface area contributed by atoms with Crippen molar-refractivity contribution in [1.82, 2.24) is 0 Å². The summed E-state index contributed by atoms with van der Waals surface area (Å²) in [5.41, 5.74) is 7.96. The average molecular weight is 163 g/mol. The number of esters is 1. The molecular weight excluding hydrogens is 154 g/mol. The Morgan fingerprint density at radius 1 is 1.50 bits per heavy atom. The van der Waals surface area contributed by atoms with Crippen molar-refractivity contribution in [3.05, 3.63) is 34.9 Å². The Kier molecular flexibility index (Phi) is 1.59. The molecule has 2 N–H and O–H groups in total. The van der Waals surface area contributed by atoms with E-state index >= 15 is 0 Å². The number of carbonyl (C=O) groups is 1. The topological polar surface area (TPSA) is 52.3 Å². The SMILES string of the molecule is NCc1cccc2c1C(=O)OC2. The summed E-state index contributed by atoms with van der Waals surface area (Å²) in [5, 5.41) is 0. The lowest BCUT2D eigenvalue weighted by molar-refractivity contribution is 0.0534. The Balaban J connectivity index is 2.60. The van der Waals surface area contributed by atoms with Gasteiger partial charge in [-0.25, -0.2) is 4.79 Å². The van der Waals surface area contributed by atoms with E-state index in [9.17, 15) is 4.79 Å². The fourth-order valence-electron chi connectivity index (χ4n) is 1.42. The van der Waals surface area contributed by atoms with Crippen LogP contribution in [0.5, 0.6) is 0 Å². The number of hydrogen-bond donors (Lipinski definition) is 1. The van der Waals surface area contributed by atoms with Gasteiger partial charge in [-0.15, -0.1) is 0 Å². The van der Waals surface area contributed by atoms with Crippen LogP contribution in [0.3, 0.4) is 0 Å². The number of cyclic esters (lactones) is 1. The van der Waals surface area contributed by atoms with E-state index in [-0.39, 0.29) is 5.97 Å². The largest absolute Gasteiger partial charge is 0.457 e. The second kappa shape index (κ2) is 2.60. The molecule has 0 fully saturated rings. The molecule has 0 bridgehead atoms. The van der Waals surface area contributed by atoms with Gasteiger partial charge in [0.15, 0.2) is 0 Å². The first kappa shape index (κ1) is 7.31. The molecule has 0 atom stereocenters. The third-order valence-corrected chi connectivity index (χ3v) is 2.02. The maximum Gasteiger partial charge on any atom is 0.339 e. The van der Waals surface area contributed by atoms with Crippen molar-refractivity contribution in [3.63, 3.8) is 0 Å². The molecule has 0 aliphatic carbocycles. The predicted molar refractivity (Wildman–Crippen MR) is 43.5 cm³/mol. The number of fused-ring (bicyclic) bond motifs is 1. The van der Waals surface area contributed by atoms with Crippen molar-refractivity contribution < 1.29 is 9.53 Å². The third kappa shape index (κ3) is 0.905. The van der Waals surface area contributed by atoms with Gasteiger partial charge in [-0.2, -0.15) is 0 Å². The van der Waals surface area contributed by atoms with Crippen LogP contribution in [0.2, 0.25) is 0 Å². The lowest BCUT2D eigenvalue weighted by atomic mass is 10.0. The van der Waals surface area contributed by atoms with E-state index in [4.69, 9.17) is 10.5 Å². The van der Waals surface area contributed by atoms with Crippen LogP contribution in [0.1, 0.15) is 21.5 Å². The van der Waals surface area contributed by atoms with Gasteiger partial charge in [-0.05, 0) is 5.56 Å². The number of carbonyl (C=O) groups excluding carboxylic acids is 1. The van der Waals surface area contributed by atoms with Crippen LogP contribution in [0.15, 0.2) is 18.2 Å². The Hall–Kier alpha value is -1.35. The Morgan fingerprint density at radius 2 is 2.33 bits per heavy atom. The van der Waals surface area contributed by atoms with Gasteiger partial charge in [0, 0.05) is 12.1 Å². The number of benzene rings is 1. The number of ether oxygens (including phenoxy) is 1. The van der Waals surface area contributed by atoms with Crippen molar-refractivity contribution >= 4 is 5.97 Å². The van der Waals surface area contributed by atoms with Crippen LogP contribution in [0.25, 0.3) is 0 Å². The molecule has 0 saturated carbocycles. The molecule has 0 radical (unpaired) electrons. The van der Waals surface area contributed by atoms with E-state index in [1.807, 2.05) is 18.2 Å². The molecule has 1 aromatic carbocycles. The van der Waals surface area contributed by atoms with Gasteiger partial charge in [0.2, 0.25) is 0 Å². The van der Waals surface area contributed by atoms with Gasteiger partial charge in [0.05, 0.1) is 5.56 Å². The molecule has 1 aliphatic rings. The highest BCUT2D eigenvalue weighted by atomic mass is 16.5. The van der Waals surface area contributed by atoms with Crippen molar-refractivity contribution in [3.8, 4) is 0 Å². The van der Waals surface area contributed by atoms with Crippen LogP contribution >= 0.6 is 0 Å². The summed E-state index contributed by atoms with van der Waals surface area (Å²) in [6, 6.07) is 5.63. The lowest BCUT2D eigenvalue weighted by Gasteiger charge is -2.00. The Bertz CT molecular complexity index is 333. The smallest absolute Gasteiger partial charge is 0.339 e. The highest BCUT2D eigenvalue weighted by Crippen LogP contribution is 2.22. The molecule has 0 amide bonds. The number of rotatable bonds is 1. The summed E-state index contributed by atoms with van der Waals surface area (Å²) in [7, 11) is 0. The first-order chi connectivity index (χ1) is 5.83. The first-order valence-corrected chi connectivity index (χ1v) is 3.81. The maximum absolute atomic E-state index is 11.2. The van der Waals surface area contributed by atoms with Crippen LogP contribution in [-0.2, 0) is 17.9 Å². The van der Waals surface area contributed by atoms with Gasteiger partial charge in [-0.3, -0.25) is 0 Å². The van der Waals surface area contributed by atoms with Gasteiger partial charge in [0.25, 0.3) is 0 Å². The molecule has 0 saturated heterocycles. The number of hydrogen-bond acceptors (Lipinski definition) is 3. The van der Waals surface area contributed by atoms with Crippen molar-refractivity contribution in [1.29, 1.82) is 0 Å². The van der Waals surface area contributed by atoms with Crippen LogP contribution < -0.4 is 5.73 Å². The summed E-state index contributed by atoms with van der Waals surface area (Å²) in [6.45, 7) is 0.778. The summed E-state index contributed by atoms with van der Waals surface area (Å²) < 4.78 is 4.87. The van der Waals surface area contributed by atoms with Gasteiger partial charge >= 0.3 is 5.97 Å². The van der Waals surface area contributed by atoms with Crippen LogP contribution in [0.4, 0.5) is 0 Å². The zero-order valence-electron chi connectivity index (χ0n) is 6.54. The zero-order chi connectivity index (χ0) is 8.55. The van der Waals surface area contributed by atoms with Crippen molar-refractivity contribution in [2.45, 2.75) is 13.2 Å². The molecule has 0 unspecified atom stereocenters. The van der Waals surface area contributed by atoms with Crippen molar-refractivity contribution in [2.24, 2.45) is 5.73 Å². The Morgan fingerprint density at radius 3 is 3.08 bits per heavy atom. The van der Waals surface area contributed by atoms with Gasteiger partial charge < -0.3 is 10.5 Å². The molecule has 1 aliphatic heterocycles. The third-order valence-electron chi connectivity index (χ3n) is 2.02. The molecule has 0 spiro atoms. The summed E-state index contributed by atoms with van der Waals surface area (Å²) in [5.74, 6) is -0.244. The van der Waals surface area contributed by atoms with E-state index in [1.165, 1.54) is 0 Å². The average Bonchev–Trinajstić information content (AvgIpc) is 2.48. The normalized spacial score (nSPS) is 14.2. The molecule has 62 valence electrons. The summed E-state index contributed by atoms with van der Waals surface area (Å²) in [6.07, 6.45) is 0. The van der Waals surface area contributed by atoms with Crippen LogP contribution in [-0.4, -0.2) is 5.97 Å². The fourth-order valence-corrected chi connectivity index (χ4v) is 1.42. The Labute approximate surface area is 70.1 Å². The second-order valence-corrected chi connectivity index (χ2v) is 2.73. The summed E-state index contributed by atoms with van der Waals surface area (Å²) in [4.78, 5) is 11.2. The monoisotopic (exact) mass is 163 g/mol. The minimum absolute atomic E-state index is 0.244. The lowest BCUT2D eigenvalue weighted by Crippen LogP contribution is -2.04. The van der Waals surface area contributed by atoms with E-state index < -0.39 is 0 Å². The van der Waals surface area contributed by atoms with E-state index in [2.05, 4.69) is 0 Å². The highest BCUT2D eigenvalue weighted by Gasteiger charge is 2.23. The first-order valence-electron chi connectivity index (χ1n) is 3.81. The second-order valence-electron chi connectivity index (χ2n) is 2.73. The standard InChI is InChI=1S/C9H9NO2/c10-4-6-2-1-3-7-5-12-9(11)8(6)7/h1-3H,4-5,10H2. The minimum Gasteiger partial charge on any atom is -0.457 e. The van der Waals surface area contributed by atoms with E-state index in [1.54, 1.807) is 0 Å². The van der Waals surface area contributed by atoms with E-state index in [0.29, 0.717) is 18.7 Å². The fraction of sp³-hybridized carbons (Fsp3) is 0.222. The van der Waals surface area contributed by atoms with Crippen LogP contribution in [0, 0.1) is 0 Å². The maximum atomic E-state index is 11.2. The molecule has 3 heteroatoms. The molecule has 3 nitrogen and oxygen atoms in total. The quantitative estimate of drug-likeness (QED) is 0.623. The molecular formula is C9H9NO2. The summed E-state index contributed by atoms with van der Waals surface area (Å²) >= 11 is 0. The molecule has 2 rings (SSSR count). The minimum atomic E-state index is -0.244. The molecule has 0 aromatic heterocycles. The zero-order valence-corrected chi connectivity index (χ0v) is 6.54. The molecule has 1 heterocycles. The number of nitrogens with two attached hydrogens (primary N) is 1. The predicted octanol–water partition coefficient (Wildman–Crippen LogP) is 0.816. The van der Waals surface area contributed by atoms with E-state index in [0.717, 1.165) is 11.1 Å². The van der Waals surface area contributed by atoms with Gasteiger partial charge in [0.1, 0.15) is 6.61 Å². The van der Waals surface area contributed by atoms with Crippen molar-refractivity contribution in [2.75, 3.05) is 0 Å². The molecule has 12 heavy (non-hydrogen) atoms.